The van der Waals surface area contributed by atoms with Crippen molar-refractivity contribution < 1.29 is 9.59 Å². The molecule has 0 radical (unpaired) electrons. The zero-order valence-corrected chi connectivity index (χ0v) is 19.0. The van der Waals surface area contributed by atoms with Crippen molar-refractivity contribution in [3.63, 3.8) is 0 Å². The highest BCUT2D eigenvalue weighted by atomic mass is 32.1. The molecule has 2 amide bonds. The Bertz CT molecular complexity index is 975. The van der Waals surface area contributed by atoms with Gasteiger partial charge < -0.3 is 14.8 Å². The highest BCUT2D eigenvalue weighted by Gasteiger charge is 2.27. The van der Waals surface area contributed by atoms with E-state index in [0.29, 0.717) is 13.1 Å². The summed E-state index contributed by atoms with van der Waals surface area (Å²) in [5.41, 5.74) is -0.477. The van der Waals surface area contributed by atoms with E-state index in [1.165, 1.54) is 4.88 Å². The number of carbonyl (C=O) groups excluding carboxylic acids is 2. The fourth-order valence-electron chi connectivity index (χ4n) is 3.54. The minimum atomic E-state index is -0.521. The van der Waals surface area contributed by atoms with Gasteiger partial charge >= 0.3 is 0 Å². The first-order chi connectivity index (χ1) is 14.9. The number of nitrogens with one attached hydrogen (secondary N) is 1. The molecular weight excluding hydrogens is 412 g/mol. The summed E-state index contributed by atoms with van der Waals surface area (Å²) in [7, 11) is 0. The molecule has 0 aromatic carbocycles. The summed E-state index contributed by atoms with van der Waals surface area (Å²) in [6.07, 6.45) is 5.51. The maximum Gasteiger partial charge on any atom is 0.259 e. The fraction of sp³-hybridized carbons (Fsp3) is 0.435. The predicted molar refractivity (Wildman–Crippen MR) is 124 cm³/mol. The number of hydrogen-bond acceptors (Lipinski definition) is 5. The molecule has 8 heteroatoms. The second-order valence-corrected chi connectivity index (χ2v) is 8.80. The van der Waals surface area contributed by atoms with Gasteiger partial charge in [-0.15, -0.1) is 17.9 Å². The molecule has 31 heavy (non-hydrogen) atoms. The lowest BCUT2D eigenvalue weighted by molar-refractivity contribution is 0.0627. The molecule has 0 aliphatic carbocycles. The first kappa shape index (κ1) is 23.0. The Morgan fingerprint density at radius 2 is 1.94 bits per heavy atom. The highest BCUT2D eigenvalue weighted by molar-refractivity contribution is 7.09. The lowest BCUT2D eigenvalue weighted by Gasteiger charge is -2.34. The zero-order valence-electron chi connectivity index (χ0n) is 18.2. The minimum absolute atomic E-state index is 0.00988. The smallest absolute Gasteiger partial charge is 0.259 e. The largest absolute Gasteiger partial charge is 0.350 e. The summed E-state index contributed by atoms with van der Waals surface area (Å²) < 4.78 is 1.80. The Labute approximate surface area is 187 Å². The van der Waals surface area contributed by atoms with Crippen LogP contribution in [0.25, 0.3) is 0 Å². The van der Waals surface area contributed by atoms with Crippen molar-refractivity contribution in [2.45, 2.75) is 32.9 Å². The van der Waals surface area contributed by atoms with E-state index in [2.05, 4.69) is 28.2 Å². The second-order valence-electron chi connectivity index (χ2n) is 7.77. The first-order valence-corrected chi connectivity index (χ1v) is 11.5. The van der Waals surface area contributed by atoms with Crippen molar-refractivity contribution in [2.24, 2.45) is 0 Å². The van der Waals surface area contributed by atoms with E-state index in [-0.39, 0.29) is 29.6 Å². The molecule has 2 aromatic heterocycles. The van der Waals surface area contributed by atoms with Crippen molar-refractivity contribution in [2.75, 3.05) is 32.7 Å². The van der Waals surface area contributed by atoms with Gasteiger partial charge in [-0.1, -0.05) is 19.1 Å². The van der Waals surface area contributed by atoms with E-state index in [4.69, 9.17) is 0 Å². The van der Waals surface area contributed by atoms with Crippen LogP contribution in [-0.2, 0) is 6.54 Å². The van der Waals surface area contributed by atoms with E-state index in [1.807, 2.05) is 19.9 Å². The van der Waals surface area contributed by atoms with E-state index in [0.717, 1.165) is 26.1 Å². The molecule has 3 rings (SSSR count). The molecule has 1 N–H and O–H groups in total. The third-order valence-corrected chi connectivity index (χ3v) is 6.51. The van der Waals surface area contributed by atoms with Gasteiger partial charge in [0.25, 0.3) is 11.8 Å². The summed E-state index contributed by atoms with van der Waals surface area (Å²) >= 11 is 1.73. The van der Waals surface area contributed by atoms with E-state index in [1.54, 1.807) is 39.3 Å². The summed E-state index contributed by atoms with van der Waals surface area (Å²) in [5, 5.41) is 4.71. The predicted octanol–water partition coefficient (Wildman–Crippen LogP) is 2.75. The average Bonchev–Trinajstić information content (AvgIpc) is 3.30. The zero-order chi connectivity index (χ0) is 22.4. The third kappa shape index (κ3) is 5.51. The monoisotopic (exact) mass is 442 g/mol. The number of amides is 2. The standard InChI is InChI=1S/C23H30N4O3S/c1-4-8-24-22(29)19-15-27(17(3)5-2)16-20(21(19)28)23(30)26-11-9-25(10-12-26)14-18-7-6-13-31-18/h4,6-7,13,15-17H,1,5,8-12,14H2,2-3H3,(H,24,29)/t17-/m1/s1. The number of pyridine rings is 1. The van der Waals surface area contributed by atoms with Gasteiger partial charge in [-0.05, 0) is 24.8 Å². The lowest BCUT2D eigenvalue weighted by Crippen LogP contribution is -2.49. The molecule has 0 spiro atoms. The molecular formula is C23H30N4O3S. The Balaban J connectivity index is 1.80. The van der Waals surface area contributed by atoms with Crippen LogP contribution in [0, 0.1) is 0 Å². The Hall–Kier alpha value is -2.71. The van der Waals surface area contributed by atoms with Crippen LogP contribution < -0.4 is 10.7 Å². The van der Waals surface area contributed by atoms with Crippen LogP contribution in [0.5, 0.6) is 0 Å². The molecule has 7 nitrogen and oxygen atoms in total. The molecule has 0 bridgehead atoms. The van der Waals surface area contributed by atoms with Gasteiger partial charge in [0.1, 0.15) is 11.1 Å². The molecule has 1 aliphatic heterocycles. The van der Waals surface area contributed by atoms with Gasteiger partial charge in [0.2, 0.25) is 5.43 Å². The molecule has 166 valence electrons. The maximum absolute atomic E-state index is 13.2. The SMILES string of the molecule is C=CCNC(=O)c1cn([C@H](C)CC)cc(C(=O)N2CCN(Cc3cccs3)CC2)c1=O. The number of hydrogen-bond donors (Lipinski definition) is 1. The minimum Gasteiger partial charge on any atom is -0.350 e. The molecule has 1 atom stereocenters. The Morgan fingerprint density at radius 3 is 2.55 bits per heavy atom. The third-order valence-electron chi connectivity index (χ3n) is 5.65. The summed E-state index contributed by atoms with van der Waals surface area (Å²) in [6.45, 7) is 11.3. The van der Waals surface area contributed by atoms with Crippen LogP contribution in [0.2, 0.25) is 0 Å². The summed E-state index contributed by atoms with van der Waals surface area (Å²) in [4.78, 5) is 44.1. The van der Waals surface area contributed by atoms with Crippen molar-refractivity contribution in [3.8, 4) is 0 Å². The van der Waals surface area contributed by atoms with Gasteiger partial charge in [0.05, 0.1) is 0 Å². The number of carbonyl (C=O) groups is 2. The maximum atomic E-state index is 13.2. The Morgan fingerprint density at radius 1 is 1.23 bits per heavy atom. The van der Waals surface area contributed by atoms with E-state index < -0.39 is 11.3 Å². The average molecular weight is 443 g/mol. The topological polar surface area (TPSA) is 74.7 Å². The van der Waals surface area contributed by atoms with E-state index >= 15 is 0 Å². The van der Waals surface area contributed by atoms with Crippen LogP contribution in [0.3, 0.4) is 0 Å². The van der Waals surface area contributed by atoms with Crippen molar-refractivity contribution in [3.05, 3.63) is 68.8 Å². The molecule has 1 aliphatic rings. The van der Waals surface area contributed by atoms with Gasteiger partial charge in [-0.3, -0.25) is 19.3 Å². The first-order valence-electron chi connectivity index (χ1n) is 10.6. The summed E-state index contributed by atoms with van der Waals surface area (Å²) in [6, 6.07) is 4.21. The fourth-order valence-corrected chi connectivity index (χ4v) is 4.29. The highest BCUT2D eigenvalue weighted by Crippen LogP contribution is 2.16. The van der Waals surface area contributed by atoms with Crippen molar-refractivity contribution >= 4 is 23.2 Å². The van der Waals surface area contributed by atoms with Crippen molar-refractivity contribution in [1.82, 2.24) is 19.7 Å². The number of nitrogens with zero attached hydrogens (tertiary/aromatic N) is 3. The number of aromatic nitrogens is 1. The Kier molecular flexibility index (Phi) is 7.81. The lowest BCUT2D eigenvalue weighted by atomic mass is 10.1. The van der Waals surface area contributed by atoms with E-state index in [9.17, 15) is 14.4 Å². The van der Waals surface area contributed by atoms with Gasteiger partial charge in [0, 0.05) is 62.6 Å². The van der Waals surface area contributed by atoms with Crippen LogP contribution in [0.4, 0.5) is 0 Å². The quantitative estimate of drug-likeness (QED) is 0.638. The molecule has 0 unspecified atom stereocenters. The number of piperazine rings is 1. The molecule has 1 fully saturated rings. The normalized spacial score (nSPS) is 15.5. The van der Waals surface area contributed by atoms with Crippen molar-refractivity contribution in [1.29, 1.82) is 0 Å². The molecule has 1 saturated heterocycles. The van der Waals surface area contributed by atoms with Crippen LogP contribution in [-0.4, -0.2) is 58.9 Å². The number of thiophene rings is 1. The second kappa shape index (κ2) is 10.5. The van der Waals surface area contributed by atoms with Crippen LogP contribution in [0.1, 0.15) is 51.9 Å². The van der Waals surface area contributed by atoms with Gasteiger partial charge in [-0.25, -0.2) is 0 Å². The van der Waals surface area contributed by atoms with Gasteiger partial charge in [0.15, 0.2) is 0 Å². The van der Waals surface area contributed by atoms with Crippen LogP contribution in [0.15, 0.2) is 47.4 Å². The molecule has 2 aromatic rings. The molecule has 3 heterocycles. The van der Waals surface area contributed by atoms with Gasteiger partial charge in [-0.2, -0.15) is 0 Å². The number of rotatable bonds is 8. The summed E-state index contributed by atoms with van der Waals surface area (Å²) in [5.74, 6) is -0.798. The van der Waals surface area contributed by atoms with Crippen LogP contribution >= 0.6 is 11.3 Å². The molecule has 0 saturated carbocycles.